The first-order chi connectivity index (χ1) is 12.0. The molecule has 26 heavy (non-hydrogen) atoms. The summed E-state index contributed by atoms with van der Waals surface area (Å²) in [4.78, 5) is 20.5. The van der Waals surface area contributed by atoms with Gasteiger partial charge in [-0.2, -0.15) is 0 Å². The maximum Gasteiger partial charge on any atom is 0.243 e. The van der Waals surface area contributed by atoms with Crippen molar-refractivity contribution in [1.29, 1.82) is 0 Å². The number of nitrogens with one attached hydrogen (secondary N) is 2. The summed E-state index contributed by atoms with van der Waals surface area (Å²) in [6.45, 7) is 8.85. The molecule has 2 aliphatic rings. The third kappa shape index (κ3) is 6.55. The quantitative estimate of drug-likeness (QED) is 0.319. The molecule has 1 saturated carbocycles. The van der Waals surface area contributed by atoms with Crippen LogP contribution < -0.4 is 10.6 Å². The number of likely N-dealkylation sites (tertiary alicyclic amines) is 1. The molecule has 0 radical (unpaired) electrons. The molecule has 0 aromatic heterocycles. The number of carbonyl (C=O) groups is 1. The van der Waals surface area contributed by atoms with E-state index < -0.39 is 0 Å². The summed E-state index contributed by atoms with van der Waals surface area (Å²) in [6, 6.07) is 0.574. The molecule has 0 aromatic carbocycles. The van der Waals surface area contributed by atoms with E-state index in [2.05, 4.69) is 34.4 Å². The number of likely N-dealkylation sites (N-methyl/N-ethyl adjacent to an activating group) is 2. The third-order valence-corrected chi connectivity index (χ3v) is 6.08. The van der Waals surface area contributed by atoms with Crippen LogP contribution in [0, 0.1) is 5.41 Å². The minimum Gasteiger partial charge on any atom is -0.356 e. The smallest absolute Gasteiger partial charge is 0.243 e. The molecule has 0 bridgehead atoms. The minimum atomic E-state index is 0. The summed E-state index contributed by atoms with van der Waals surface area (Å²) in [5.74, 6) is 0.823. The number of aliphatic imine (C=N–C) groups is 1. The van der Waals surface area contributed by atoms with Crippen LogP contribution in [0.2, 0.25) is 0 Å². The third-order valence-electron chi connectivity index (χ3n) is 6.08. The van der Waals surface area contributed by atoms with Gasteiger partial charge in [0.1, 0.15) is 6.54 Å². The van der Waals surface area contributed by atoms with E-state index in [1.165, 1.54) is 45.1 Å². The van der Waals surface area contributed by atoms with Crippen LogP contribution in [0.15, 0.2) is 4.99 Å². The Balaban J connectivity index is 0.00000338. The van der Waals surface area contributed by atoms with Gasteiger partial charge >= 0.3 is 0 Å². The van der Waals surface area contributed by atoms with Gasteiger partial charge in [0.05, 0.1) is 0 Å². The first-order valence-corrected chi connectivity index (χ1v) is 9.96. The Bertz CT molecular complexity index is 459. The number of carbonyl (C=O) groups excluding carboxylic acids is 1. The van der Waals surface area contributed by atoms with Crippen molar-refractivity contribution in [2.45, 2.75) is 58.4 Å². The zero-order valence-corrected chi connectivity index (χ0v) is 19.3. The highest BCUT2D eigenvalue weighted by Crippen LogP contribution is 2.42. The number of halogens is 1. The molecule has 1 heterocycles. The van der Waals surface area contributed by atoms with Crippen molar-refractivity contribution >= 4 is 35.8 Å². The van der Waals surface area contributed by atoms with Crippen LogP contribution in [-0.4, -0.2) is 74.5 Å². The lowest BCUT2D eigenvalue weighted by Gasteiger charge is -2.41. The van der Waals surface area contributed by atoms with E-state index in [9.17, 15) is 4.79 Å². The molecule has 7 heteroatoms. The van der Waals surface area contributed by atoms with Crippen molar-refractivity contribution in [3.05, 3.63) is 0 Å². The number of guanidine groups is 1. The van der Waals surface area contributed by atoms with Gasteiger partial charge in [-0.25, -0.2) is 4.99 Å². The molecule has 1 unspecified atom stereocenters. The summed E-state index contributed by atoms with van der Waals surface area (Å²) in [5, 5.41) is 7.01. The van der Waals surface area contributed by atoms with Crippen LogP contribution in [0.5, 0.6) is 0 Å². The summed E-state index contributed by atoms with van der Waals surface area (Å²) in [6.07, 6.45) is 7.65. The second-order valence-electron chi connectivity index (χ2n) is 7.82. The van der Waals surface area contributed by atoms with Crippen molar-refractivity contribution < 1.29 is 4.79 Å². The van der Waals surface area contributed by atoms with Gasteiger partial charge in [0.15, 0.2) is 5.96 Å². The Hall–Kier alpha value is -0.570. The summed E-state index contributed by atoms with van der Waals surface area (Å²) in [7, 11) is 3.55. The molecule has 1 saturated heterocycles. The molecule has 0 spiro atoms. The van der Waals surface area contributed by atoms with E-state index in [0.717, 1.165) is 25.6 Å². The average Bonchev–Trinajstić information content (AvgIpc) is 3.02. The highest BCUT2D eigenvalue weighted by atomic mass is 127. The van der Waals surface area contributed by atoms with Crippen molar-refractivity contribution in [2.75, 3.05) is 46.8 Å². The van der Waals surface area contributed by atoms with Gasteiger partial charge in [-0.3, -0.25) is 9.69 Å². The molecule has 152 valence electrons. The monoisotopic (exact) mass is 479 g/mol. The summed E-state index contributed by atoms with van der Waals surface area (Å²) in [5.41, 5.74) is 0.427. The fourth-order valence-corrected chi connectivity index (χ4v) is 3.82. The second kappa shape index (κ2) is 11.3. The first kappa shape index (κ1) is 23.5. The predicted octanol–water partition coefficient (Wildman–Crippen LogP) is 2.29. The average molecular weight is 479 g/mol. The van der Waals surface area contributed by atoms with E-state index in [0.29, 0.717) is 11.5 Å². The van der Waals surface area contributed by atoms with Crippen molar-refractivity contribution in [3.63, 3.8) is 0 Å². The standard InChI is InChI=1S/C19H37N5O.HI/c1-5-19(10-8-11-19)15-22-18(21-14-17(25)23(3)4)20-13-16-9-7-12-24(16)6-2;/h16H,5-15H2,1-4H3,(H2,20,21,22);1H. The zero-order chi connectivity index (χ0) is 18.3. The van der Waals surface area contributed by atoms with Crippen LogP contribution in [0.1, 0.15) is 52.4 Å². The fraction of sp³-hybridized carbons (Fsp3) is 0.895. The number of hydrogen-bond donors (Lipinski definition) is 2. The predicted molar refractivity (Wildman–Crippen MR) is 119 cm³/mol. The zero-order valence-electron chi connectivity index (χ0n) is 17.0. The van der Waals surface area contributed by atoms with E-state index >= 15 is 0 Å². The molecular weight excluding hydrogens is 441 g/mol. The highest BCUT2D eigenvalue weighted by Gasteiger charge is 2.35. The topological polar surface area (TPSA) is 60.0 Å². The Kier molecular flexibility index (Phi) is 10.2. The Morgan fingerprint density at radius 1 is 1.23 bits per heavy atom. The Morgan fingerprint density at radius 2 is 1.96 bits per heavy atom. The second-order valence-corrected chi connectivity index (χ2v) is 7.82. The lowest BCUT2D eigenvalue weighted by Crippen LogP contribution is -2.49. The molecule has 2 N–H and O–H groups in total. The minimum absolute atomic E-state index is 0. The van der Waals surface area contributed by atoms with Crippen LogP contribution in [0.3, 0.4) is 0 Å². The van der Waals surface area contributed by atoms with Crippen LogP contribution in [-0.2, 0) is 4.79 Å². The SMILES string of the molecule is CCN1CCCC1CNC(=NCC(=O)N(C)C)NCC1(CC)CCC1.I. The molecule has 2 fully saturated rings. The van der Waals surface area contributed by atoms with Gasteiger partial charge in [-0.05, 0) is 50.6 Å². The van der Waals surface area contributed by atoms with Crippen LogP contribution in [0.25, 0.3) is 0 Å². The molecule has 1 aliphatic heterocycles. The van der Waals surface area contributed by atoms with E-state index in [1.54, 1.807) is 19.0 Å². The lowest BCUT2D eigenvalue weighted by atomic mass is 9.67. The molecule has 1 amide bonds. The molecule has 6 nitrogen and oxygen atoms in total. The van der Waals surface area contributed by atoms with Gasteiger partial charge < -0.3 is 15.5 Å². The van der Waals surface area contributed by atoms with Crippen LogP contribution >= 0.6 is 24.0 Å². The van der Waals surface area contributed by atoms with Crippen molar-refractivity contribution in [3.8, 4) is 0 Å². The van der Waals surface area contributed by atoms with E-state index in [-0.39, 0.29) is 36.4 Å². The molecule has 2 rings (SSSR count). The number of hydrogen-bond acceptors (Lipinski definition) is 3. The highest BCUT2D eigenvalue weighted by molar-refractivity contribution is 14.0. The Labute approximate surface area is 176 Å². The molecule has 0 aromatic rings. The number of rotatable bonds is 8. The van der Waals surface area contributed by atoms with Gasteiger partial charge in [0.2, 0.25) is 5.91 Å². The summed E-state index contributed by atoms with van der Waals surface area (Å²) >= 11 is 0. The van der Waals surface area contributed by atoms with E-state index in [1.807, 2.05) is 0 Å². The van der Waals surface area contributed by atoms with Crippen molar-refractivity contribution in [2.24, 2.45) is 10.4 Å². The van der Waals surface area contributed by atoms with Gasteiger partial charge in [-0.15, -0.1) is 24.0 Å². The molecule has 1 aliphatic carbocycles. The van der Waals surface area contributed by atoms with Gasteiger partial charge in [0, 0.05) is 33.2 Å². The van der Waals surface area contributed by atoms with Crippen LogP contribution in [0.4, 0.5) is 0 Å². The first-order valence-electron chi connectivity index (χ1n) is 9.96. The maximum atomic E-state index is 11.9. The number of amides is 1. The molecule has 1 atom stereocenters. The van der Waals surface area contributed by atoms with Crippen molar-refractivity contribution in [1.82, 2.24) is 20.4 Å². The maximum absolute atomic E-state index is 11.9. The number of nitrogens with zero attached hydrogens (tertiary/aromatic N) is 3. The normalized spacial score (nSPS) is 22.3. The van der Waals surface area contributed by atoms with E-state index in [4.69, 9.17) is 0 Å². The lowest BCUT2D eigenvalue weighted by molar-refractivity contribution is -0.127. The van der Waals surface area contributed by atoms with Gasteiger partial charge in [-0.1, -0.05) is 20.3 Å². The fourth-order valence-electron chi connectivity index (χ4n) is 3.82. The Morgan fingerprint density at radius 3 is 2.50 bits per heavy atom. The summed E-state index contributed by atoms with van der Waals surface area (Å²) < 4.78 is 0. The molecular formula is C19H38IN5O. The largest absolute Gasteiger partial charge is 0.356 e. The van der Waals surface area contributed by atoms with Gasteiger partial charge in [0.25, 0.3) is 0 Å².